The van der Waals surface area contributed by atoms with Gasteiger partial charge in [0.25, 0.3) is 0 Å². The third kappa shape index (κ3) is 2.29. The average molecular weight is 200 g/mol. The van der Waals surface area contributed by atoms with Gasteiger partial charge in [-0.05, 0) is 33.4 Å². The first-order valence-electron chi connectivity index (χ1n) is 6.12. The van der Waals surface area contributed by atoms with Gasteiger partial charge in [-0.25, -0.2) is 0 Å². The molecule has 2 nitrogen and oxygen atoms in total. The van der Waals surface area contributed by atoms with Crippen LogP contribution >= 0.6 is 0 Å². The van der Waals surface area contributed by atoms with Crippen molar-refractivity contribution in [3.05, 3.63) is 0 Å². The lowest BCUT2D eigenvalue weighted by molar-refractivity contribution is 0.286. The normalized spacial score (nSPS) is 38.8. The second-order valence-corrected chi connectivity index (χ2v) is 4.01. The Hall–Kier alpha value is -0.0800. The lowest BCUT2D eigenvalue weighted by Crippen LogP contribution is -2.25. The first-order valence-corrected chi connectivity index (χ1v) is 6.12. The minimum Gasteiger partial charge on any atom is -0.330 e. The van der Waals surface area contributed by atoms with Crippen LogP contribution in [0.4, 0.5) is 0 Å². The second-order valence-electron chi connectivity index (χ2n) is 4.01. The summed E-state index contributed by atoms with van der Waals surface area (Å²) < 4.78 is 0. The van der Waals surface area contributed by atoms with Crippen LogP contribution in [-0.4, -0.2) is 30.6 Å². The number of rotatable bonds is 1. The minimum atomic E-state index is 0.550. The van der Waals surface area contributed by atoms with Crippen molar-refractivity contribution in [1.82, 2.24) is 4.90 Å². The molecule has 1 saturated heterocycles. The number of nitrogens with zero attached hydrogens (tertiary/aromatic N) is 1. The summed E-state index contributed by atoms with van der Waals surface area (Å²) in [5.41, 5.74) is 6.26. The molecule has 2 heteroatoms. The van der Waals surface area contributed by atoms with E-state index in [-0.39, 0.29) is 0 Å². The van der Waals surface area contributed by atoms with Gasteiger partial charge in [0.15, 0.2) is 0 Å². The quantitative estimate of drug-likeness (QED) is 0.704. The zero-order chi connectivity index (χ0) is 11.4. The van der Waals surface area contributed by atoms with E-state index in [2.05, 4.69) is 18.9 Å². The van der Waals surface area contributed by atoms with Crippen molar-refractivity contribution >= 4 is 0 Å². The fourth-order valence-corrected chi connectivity index (χ4v) is 2.46. The molecule has 0 amide bonds. The Morgan fingerprint density at radius 2 is 1.71 bits per heavy atom. The summed E-state index contributed by atoms with van der Waals surface area (Å²) in [6, 6.07) is 1.59. The van der Waals surface area contributed by atoms with Gasteiger partial charge >= 0.3 is 0 Å². The van der Waals surface area contributed by atoms with Gasteiger partial charge in [-0.2, -0.15) is 0 Å². The van der Waals surface area contributed by atoms with Crippen molar-refractivity contribution < 1.29 is 0 Å². The zero-order valence-electron chi connectivity index (χ0n) is 10.8. The number of fused-ring (bicyclic) bond motifs is 1. The molecule has 0 aromatic rings. The number of hydrogen-bond acceptors (Lipinski definition) is 2. The third-order valence-electron chi connectivity index (χ3n) is 3.44. The molecule has 1 aliphatic carbocycles. The molecule has 1 heterocycles. The highest BCUT2D eigenvalue weighted by atomic mass is 15.2. The minimum absolute atomic E-state index is 0.550. The highest BCUT2D eigenvalue weighted by Gasteiger charge is 2.61. The van der Waals surface area contributed by atoms with Crippen molar-refractivity contribution in [1.29, 1.82) is 0 Å². The largest absolute Gasteiger partial charge is 0.330 e. The number of likely N-dealkylation sites (tertiary alicyclic amines) is 1. The predicted octanol–water partition coefficient (Wildman–Crippen LogP) is 2.48. The smallest absolute Gasteiger partial charge is 0.0171 e. The Bertz CT molecular complexity index is 158. The molecule has 2 fully saturated rings. The van der Waals surface area contributed by atoms with Crippen molar-refractivity contribution in [2.45, 2.75) is 59.5 Å². The summed E-state index contributed by atoms with van der Waals surface area (Å²) in [6.45, 7) is 11.2. The van der Waals surface area contributed by atoms with Gasteiger partial charge < -0.3 is 10.6 Å². The highest BCUT2D eigenvalue weighted by molar-refractivity contribution is 5.15. The van der Waals surface area contributed by atoms with E-state index in [0.29, 0.717) is 5.41 Å². The molecule has 1 aliphatic heterocycles. The highest BCUT2D eigenvalue weighted by Crippen LogP contribution is 2.57. The molecule has 14 heavy (non-hydrogen) atoms. The first-order chi connectivity index (χ1) is 6.69. The van der Waals surface area contributed by atoms with Crippen LogP contribution in [0.15, 0.2) is 0 Å². The van der Waals surface area contributed by atoms with Crippen LogP contribution in [0.2, 0.25) is 0 Å². The monoisotopic (exact) mass is 200 g/mol. The zero-order valence-corrected chi connectivity index (χ0v) is 10.8. The number of hydrogen-bond donors (Lipinski definition) is 1. The van der Waals surface area contributed by atoms with E-state index in [1.807, 2.05) is 27.7 Å². The van der Waals surface area contributed by atoms with E-state index in [9.17, 15) is 0 Å². The molecule has 3 atom stereocenters. The second kappa shape index (κ2) is 5.72. The molecule has 2 aliphatic rings. The van der Waals surface area contributed by atoms with Crippen molar-refractivity contribution in [3.63, 3.8) is 0 Å². The molecule has 0 bridgehead atoms. The van der Waals surface area contributed by atoms with Crippen LogP contribution in [0.1, 0.15) is 47.5 Å². The molecular formula is C12H28N2. The molecule has 3 unspecified atom stereocenters. The fourth-order valence-electron chi connectivity index (χ4n) is 2.46. The van der Waals surface area contributed by atoms with E-state index in [1.54, 1.807) is 0 Å². The van der Waals surface area contributed by atoms with Crippen molar-refractivity contribution in [2.75, 3.05) is 13.6 Å². The Morgan fingerprint density at radius 1 is 1.21 bits per heavy atom. The lowest BCUT2D eigenvalue weighted by atomic mass is 10.0. The summed E-state index contributed by atoms with van der Waals surface area (Å²) in [7, 11) is 2.22. The summed E-state index contributed by atoms with van der Waals surface area (Å²) in [5, 5.41) is 0. The first kappa shape index (κ1) is 13.9. The average Bonchev–Trinajstić information content (AvgIpc) is 2.92. The van der Waals surface area contributed by atoms with Crippen LogP contribution in [0.25, 0.3) is 0 Å². The predicted molar refractivity (Wildman–Crippen MR) is 64.4 cm³/mol. The number of nitrogens with two attached hydrogens (primary N) is 1. The molecule has 0 radical (unpaired) electrons. The summed E-state index contributed by atoms with van der Waals surface area (Å²) >= 11 is 0. The lowest BCUT2D eigenvalue weighted by Gasteiger charge is -2.17. The van der Waals surface area contributed by atoms with Crippen LogP contribution in [0.3, 0.4) is 0 Å². The van der Waals surface area contributed by atoms with E-state index in [4.69, 9.17) is 5.73 Å². The Balaban J connectivity index is 0.000000379. The van der Waals surface area contributed by atoms with Gasteiger partial charge in [-0.15, -0.1) is 0 Å². The van der Waals surface area contributed by atoms with Crippen LogP contribution in [0, 0.1) is 5.41 Å². The van der Waals surface area contributed by atoms with E-state index in [1.165, 1.54) is 12.8 Å². The van der Waals surface area contributed by atoms with Gasteiger partial charge in [-0.3, -0.25) is 0 Å². The van der Waals surface area contributed by atoms with E-state index < -0.39 is 0 Å². The van der Waals surface area contributed by atoms with Crippen LogP contribution < -0.4 is 5.73 Å². The van der Waals surface area contributed by atoms with Crippen molar-refractivity contribution in [3.8, 4) is 0 Å². The molecule has 0 aromatic carbocycles. The van der Waals surface area contributed by atoms with E-state index in [0.717, 1.165) is 18.6 Å². The summed E-state index contributed by atoms with van der Waals surface area (Å²) in [6.07, 6.45) is 2.68. The maximum absolute atomic E-state index is 5.71. The molecule has 86 valence electrons. The molecule has 1 saturated carbocycles. The maximum Gasteiger partial charge on any atom is 0.0171 e. The summed E-state index contributed by atoms with van der Waals surface area (Å²) in [5.74, 6) is 0. The Morgan fingerprint density at radius 3 is 1.93 bits per heavy atom. The summed E-state index contributed by atoms with van der Waals surface area (Å²) in [4.78, 5) is 2.48. The molecule has 2 N–H and O–H groups in total. The van der Waals surface area contributed by atoms with Gasteiger partial charge in [0.2, 0.25) is 0 Å². The van der Waals surface area contributed by atoms with Crippen molar-refractivity contribution in [2.24, 2.45) is 11.1 Å². The Kier molecular flexibility index (Phi) is 5.68. The fraction of sp³-hybridized carbons (Fsp3) is 1.00. The van der Waals surface area contributed by atoms with E-state index >= 15 is 0 Å². The SMILES string of the molecule is CC.CC.CC1CC2(CN)CC2N1C. The maximum atomic E-state index is 5.71. The molecule has 0 aromatic heterocycles. The molecular weight excluding hydrogens is 172 g/mol. The van der Waals surface area contributed by atoms with Crippen LogP contribution in [-0.2, 0) is 0 Å². The topological polar surface area (TPSA) is 29.3 Å². The van der Waals surface area contributed by atoms with Gasteiger partial charge in [0.1, 0.15) is 0 Å². The Labute approximate surface area is 89.9 Å². The molecule has 2 rings (SSSR count). The third-order valence-corrected chi connectivity index (χ3v) is 3.44. The van der Waals surface area contributed by atoms with Gasteiger partial charge in [0.05, 0.1) is 0 Å². The molecule has 0 spiro atoms. The number of piperidine rings is 1. The van der Waals surface area contributed by atoms with Gasteiger partial charge in [-0.1, -0.05) is 27.7 Å². The van der Waals surface area contributed by atoms with Crippen LogP contribution in [0.5, 0.6) is 0 Å². The van der Waals surface area contributed by atoms with Gasteiger partial charge in [0, 0.05) is 17.5 Å². The standard InChI is InChI=1S/C8H16N2.2C2H6/c1-6-3-8(5-9)4-7(8)10(6)2;2*1-2/h6-7H,3-5,9H2,1-2H3;2*1-2H3.